The van der Waals surface area contributed by atoms with Crippen LogP contribution in [0.1, 0.15) is 20.3 Å². The fourth-order valence-corrected chi connectivity index (χ4v) is 3.28. The third-order valence-electron chi connectivity index (χ3n) is 4.44. The van der Waals surface area contributed by atoms with Crippen LogP contribution in [0.2, 0.25) is 0 Å². The fraction of sp³-hybridized carbons (Fsp3) is 0.533. The lowest BCUT2D eigenvalue weighted by Crippen LogP contribution is -2.42. The van der Waals surface area contributed by atoms with Crippen molar-refractivity contribution in [1.29, 1.82) is 0 Å². The van der Waals surface area contributed by atoms with E-state index >= 15 is 0 Å². The molecule has 0 aromatic heterocycles. The Labute approximate surface area is 137 Å². The zero-order valence-electron chi connectivity index (χ0n) is 13.5. The van der Waals surface area contributed by atoms with Crippen LogP contribution in [0.25, 0.3) is 0 Å². The number of nitrogens with two attached hydrogens (primary N) is 2. The van der Waals surface area contributed by atoms with Crippen molar-refractivity contribution in [3.63, 3.8) is 0 Å². The normalized spacial score (nSPS) is 23.7. The second-order valence-corrected chi connectivity index (χ2v) is 8.03. The Kier molecular flexibility index (Phi) is 5.10. The molecule has 128 valence electrons. The minimum atomic E-state index is -3.79. The minimum absolute atomic E-state index is 0.0279. The van der Waals surface area contributed by atoms with E-state index in [4.69, 9.17) is 10.9 Å². The summed E-state index contributed by atoms with van der Waals surface area (Å²) in [5.74, 6) is -0.183. The number of hydrogen-bond donors (Lipinski definition) is 3. The first-order valence-electron chi connectivity index (χ1n) is 7.52. The van der Waals surface area contributed by atoms with Gasteiger partial charge in [-0.15, -0.1) is 0 Å². The molecule has 1 aromatic rings. The molecule has 0 aliphatic carbocycles. The lowest BCUT2D eigenvalue weighted by atomic mass is 9.90. The number of benzene rings is 1. The maximum absolute atomic E-state index is 12.4. The van der Waals surface area contributed by atoms with E-state index < -0.39 is 10.0 Å². The van der Waals surface area contributed by atoms with Gasteiger partial charge >= 0.3 is 0 Å². The van der Waals surface area contributed by atoms with Crippen LogP contribution in [0, 0.1) is 5.41 Å². The molecule has 2 atom stereocenters. The standard InChI is InChI=1S/C15H24N4O3S/c1-11(19-7-6-15(2,9-16)10-19)14(20)18-12-4-3-5-13(8-12)23(17,21)22/h3-5,8,11H,6-7,9-10,16H2,1-2H3,(H,18,20)(H2,17,21,22). The average molecular weight is 340 g/mol. The third-order valence-corrected chi connectivity index (χ3v) is 5.35. The molecule has 0 radical (unpaired) electrons. The lowest BCUT2D eigenvalue weighted by Gasteiger charge is -2.26. The summed E-state index contributed by atoms with van der Waals surface area (Å²) in [6, 6.07) is 5.60. The molecule has 2 unspecified atom stereocenters. The van der Waals surface area contributed by atoms with Gasteiger partial charge in [0.15, 0.2) is 0 Å². The molecule has 1 aliphatic heterocycles. The van der Waals surface area contributed by atoms with E-state index in [1.54, 1.807) is 12.1 Å². The summed E-state index contributed by atoms with van der Waals surface area (Å²) in [5, 5.41) is 7.84. The van der Waals surface area contributed by atoms with E-state index in [-0.39, 0.29) is 22.3 Å². The van der Waals surface area contributed by atoms with Gasteiger partial charge in [-0.05, 0) is 50.0 Å². The van der Waals surface area contributed by atoms with Crippen molar-refractivity contribution in [2.24, 2.45) is 16.3 Å². The number of primary sulfonamides is 1. The van der Waals surface area contributed by atoms with Crippen molar-refractivity contribution in [2.45, 2.75) is 31.2 Å². The number of amides is 1. The number of hydrogen-bond acceptors (Lipinski definition) is 5. The van der Waals surface area contributed by atoms with E-state index in [0.717, 1.165) is 19.5 Å². The molecule has 8 heteroatoms. The Balaban J connectivity index is 2.05. The number of nitrogens with one attached hydrogen (secondary N) is 1. The number of carbonyl (C=O) groups is 1. The summed E-state index contributed by atoms with van der Waals surface area (Å²) in [5.41, 5.74) is 6.25. The number of likely N-dealkylation sites (tertiary alicyclic amines) is 1. The van der Waals surface area contributed by atoms with Crippen molar-refractivity contribution in [2.75, 3.05) is 25.0 Å². The monoisotopic (exact) mass is 340 g/mol. The van der Waals surface area contributed by atoms with Crippen LogP contribution in [-0.2, 0) is 14.8 Å². The first kappa shape index (κ1) is 17.9. The summed E-state index contributed by atoms with van der Waals surface area (Å²) in [6.45, 7) is 6.14. The van der Waals surface area contributed by atoms with Gasteiger partial charge in [0.2, 0.25) is 15.9 Å². The molecule has 0 saturated carbocycles. The number of rotatable bonds is 5. The summed E-state index contributed by atoms with van der Waals surface area (Å²) >= 11 is 0. The van der Waals surface area contributed by atoms with Crippen molar-refractivity contribution in [3.8, 4) is 0 Å². The van der Waals surface area contributed by atoms with Crippen LogP contribution < -0.4 is 16.2 Å². The van der Waals surface area contributed by atoms with Gasteiger partial charge in [-0.2, -0.15) is 0 Å². The van der Waals surface area contributed by atoms with Crippen molar-refractivity contribution in [1.82, 2.24) is 4.90 Å². The molecule has 1 fully saturated rings. The fourth-order valence-electron chi connectivity index (χ4n) is 2.72. The molecule has 1 amide bonds. The summed E-state index contributed by atoms with van der Waals surface area (Å²) in [6.07, 6.45) is 0.960. The van der Waals surface area contributed by atoms with Gasteiger partial charge in [0, 0.05) is 12.2 Å². The van der Waals surface area contributed by atoms with Gasteiger partial charge < -0.3 is 11.1 Å². The van der Waals surface area contributed by atoms with Gasteiger partial charge in [-0.3, -0.25) is 9.69 Å². The third kappa shape index (κ3) is 4.29. The highest BCUT2D eigenvalue weighted by Crippen LogP contribution is 2.30. The molecule has 1 aliphatic rings. The molecule has 0 spiro atoms. The quantitative estimate of drug-likeness (QED) is 0.714. The maximum Gasteiger partial charge on any atom is 0.241 e. The van der Waals surface area contributed by atoms with Crippen molar-refractivity contribution >= 4 is 21.6 Å². The highest BCUT2D eigenvalue weighted by Gasteiger charge is 2.36. The number of sulfonamides is 1. The molecule has 7 nitrogen and oxygen atoms in total. The lowest BCUT2D eigenvalue weighted by molar-refractivity contribution is -0.120. The molecule has 23 heavy (non-hydrogen) atoms. The van der Waals surface area contributed by atoms with Gasteiger partial charge in [-0.1, -0.05) is 13.0 Å². The minimum Gasteiger partial charge on any atom is -0.330 e. The van der Waals surface area contributed by atoms with Crippen LogP contribution in [-0.4, -0.2) is 44.9 Å². The maximum atomic E-state index is 12.4. The Hall–Kier alpha value is -1.48. The van der Waals surface area contributed by atoms with Crippen LogP contribution in [0.3, 0.4) is 0 Å². The van der Waals surface area contributed by atoms with Gasteiger partial charge in [0.25, 0.3) is 0 Å². The number of nitrogens with zero attached hydrogens (tertiary/aromatic N) is 1. The predicted molar refractivity (Wildman–Crippen MR) is 89.3 cm³/mol. The molecule has 5 N–H and O–H groups in total. The van der Waals surface area contributed by atoms with Crippen LogP contribution >= 0.6 is 0 Å². The molecule has 1 heterocycles. The zero-order chi connectivity index (χ0) is 17.3. The van der Waals surface area contributed by atoms with E-state index in [0.29, 0.717) is 12.2 Å². The number of carbonyl (C=O) groups excluding carboxylic acids is 1. The molecule has 2 rings (SSSR count). The van der Waals surface area contributed by atoms with Gasteiger partial charge in [0.05, 0.1) is 10.9 Å². The topological polar surface area (TPSA) is 119 Å². The SMILES string of the molecule is CC(C(=O)Nc1cccc(S(N)(=O)=O)c1)N1CCC(C)(CN)C1. The first-order valence-corrected chi connectivity index (χ1v) is 9.07. The summed E-state index contributed by atoms with van der Waals surface area (Å²) < 4.78 is 22.7. The zero-order valence-corrected chi connectivity index (χ0v) is 14.3. The van der Waals surface area contributed by atoms with Gasteiger partial charge in [-0.25, -0.2) is 13.6 Å². The molecular formula is C15H24N4O3S. The van der Waals surface area contributed by atoms with Crippen LogP contribution in [0.4, 0.5) is 5.69 Å². The Morgan fingerprint density at radius 1 is 1.48 bits per heavy atom. The Morgan fingerprint density at radius 2 is 2.17 bits per heavy atom. The number of anilines is 1. The first-order chi connectivity index (χ1) is 10.6. The second-order valence-electron chi connectivity index (χ2n) is 6.47. The Bertz CT molecular complexity index is 692. The Morgan fingerprint density at radius 3 is 2.74 bits per heavy atom. The highest BCUT2D eigenvalue weighted by molar-refractivity contribution is 7.89. The smallest absolute Gasteiger partial charge is 0.241 e. The second kappa shape index (κ2) is 6.56. The predicted octanol–water partition coefficient (Wildman–Crippen LogP) is 0.332. The summed E-state index contributed by atoms with van der Waals surface area (Å²) in [7, 11) is -3.79. The molecule has 0 bridgehead atoms. The average Bonchev–Trinajstić information content (AvgIpc) is 2.89. The van der Waals surface area contributed by atoms with Crippen LogP contribution in [0.5, 0.6) is 0 Å². The van der Waals surface area contributed by atoms with Crippen LogP contribution in [0.15, 0.2) is 29.2 Å². The molecular weight excluding hydrogens is 316 g/mol. The van der Waals surface area contributed by atoms with Gasteiger partial charge in [0.1, 0.15) is 0 Å². The molecule has 1 saturated heterocycles. The van der Waals surface area contributed by atoms with E-state index in [2.05, 4.69) is 17.1 Å². The summed E-state index contributed by atoms with van der Waals surface area (Å²) in [4.78, 5) is 14.5. The van der Waals surface area contributed by atoms with E-state index in [1.807, 2.05) is 6.92 Å². The van der Waals surface area contributed by atoms with E-state index in [9.17, 15) is 13.2 Å². The molecule has 1 aromatic carbocycles. The largest absolute Gasteiger partial charge is 0.330 e. The highest BCUT2D eigenvalue weighted by atomic mass is 32.2. The van der Waals surface area contributed by atoms with Crippen molar-refractivity contribution in [3.05, 3.63) is 24.3 Å². The van der Waals surface area contributed by atoms with E-state index in [1.165, 1.54) is 12.1 Å². The van der Waals surface area contributed by atoms with Crippen molar-refractivity contribution < 1.29 is 13.2 Å².